The quantitative estimate of drug-likeness (QED) is 0.0919. The Morgan fingerprint density at radius 3 is 2.33 bits per heavy atom. The monoisotopic (exact) mass is 746 g/mol. The first-order valence-corrected chi connectivity index (χ1v) is 17.7. The van der Waals surface area contributed by atoms with Gasteiger partial charge in [0.25, 0.3) is 0 Å². The van der Waals surface area contributed by atoms with E-state index in [1.807, 2.05) is 6.92 Å². The fourth-order valence-corrected chi connectivity index (χ4v) is 6.37. The highest BCUT2D eigenvalue weighted by Crippen LogP contribution is 2.37. The number of benzene rings is 1. The molecule has 2 amide bonds. The number of unbranched alkanes of at least 4 members (excludes halogenated alkanes) is 8. The van der Waals surface area contributed by atoms with Crippen LogP contribution in [0.5, 0.6) is 11.5 Å². The van der Waals surface area contributed by atoms with Crippen LogP contribution in [-0.2, 0) is 20.9 Å². The van der Waals surface area contributed by atoms with Crippen molar-refractivity contribution in [3.8, 4) is 11.5 Å². The van der Waals surface area contributed by atoms with Crippen molar-refractivity contribution in [2.75, 3.05) is 40.0 Å². The molecule has 1 aliphatic carbocycles. The van der Waals surface area contributed by atoms with E-state index in [0.29, 0.717) is 58.8 Å². The molecule has 4 N–H and O–H groups in total. The molecule has 0 heterocycles. The normalized spacial score (nSPS) is 17.9. The van der Waals surface area contributed by atoms with Gasteiger partial charge in [0.1, 0.15) is 12.2 Å². The van der Waals surface area contributed by atoms with Gasteiger partial charge in [0.05, 0.1) is 29.9 Å². The maximum atomic E-state index is 13.7. The van der Waals surface area contributed by atoms with Crippen molar-refractivity contribution in [3.63, 3.8) is 0 Å². The summed E-state index contributed by atoms with van der Waals surface area (Å²) in [4.78, 5) is 28.6. The third kappa shape index (κ3) is 13.4. The van der Waals surface area contributed by atoms with Crippen LogP contribution in [-0.4, -0.2) is 90.3 Å². The minimum atomic E-state index is -1.13. The number of hydrogen-bond donors (Lipinski definition) is 4. The van der Waals surface area contributed by atoms with Gasteiger partial charge in [-0.1, -0.05) is 58.3 Å². The van der Waals surface area contributed by atoms with E-state index in [9.17, 15) is 24.9 Å². The molecular formula is C34H55IN2O8. The fraction of sp³-hybridized carbons (Fsp3) is 0.706. The average Bonchev–Trinajstić information content (AvgIpc) is 3.04. The number of carbonyl (C=O) groups excluding carboxylic acids is 2. The summed E-state index contributed by atoms with van der Waals surface area (Å²) in [6.45, 7) is 5.27. The zero-order valence-electron chi connectivity index (χ0n) is 27.4. The molecule has 1 aromatic carbocycles. The van der Waals surface area contributed by atoms with Crippen LogP contribution in [0.2, 0.25) is 0 Å². The third-order valence-corrected chi connectivity index (χ3v) is 8.85. The summed E-state index contributed by atoms with van der Waals surface area (Å²) >= 11 is 2.08. The van der Waals surface area contributed by atoms with Gasteiger partial charge in [-0.15, -0.1) is 0 Å². The highest BCUT2D eigenvalue weighted by molar-refractivity contribution is 14.1. The van der Waals surface area contributed by atoms with Gasteiger partial charge in [-0.25, -0.2) is 0 Å². The van der Waals surface area contributed by atoms with E-state index in [0.717, 1.165) is 19.3 Å². The van der Waals surface area contributed by atoms with Crippen LogP contribution in [0, 0.1) is 3.57 Å². The van der Waals surface area contributed by atoms with Gasteiger partial charge >= 0.3 is 0 Å². The number of hydrogen-bond acceptors (Lipinski definition) is 8. The molecule has 3 atom stereocenters. The Morgan fingerprint density at radius 2 is 1.71 bits per heavy atom. The molecule has 1 aliphatic rings. The second kappa shape index (κ2) is 22.6. The Morgan fingerprint density at radius 1 is 1.02 bits per heavy atom. The number of carbonyl (C=O) groups is 2. The third-order valence-electron chi connectivity index (χ3n) is 8.05. The van der Waals surface area contributed by atoms with Crippen LogP contribution in [0.4, 0.5) is 0 Å². The molecule has 256 valence electrons. The maximum absolute atomic E-state index is 13.7. The largest absolute Gasteiger partial charge is 0.493 e. The lowest BCUT2D eigenvalue weighted by atomic mass is 9.87. The summed E-state index contributed by atoms with van der Waals surface area (Å²) in [6.07, 6.45) is 10.9. The SMILES string of the molecule is CCCCCCCCCCCC(=O)N(CCCOCC)[C@@H]1CC(C(=O)NCCO)=C[C@H](Oc2c(I)cc(CO)cc2OC)[C@H]1O. The van der Waals surface area contributed by atoms with Crippen LogP contribution < -0.4 is 14.8 Å². The molecule has 0 spiro atoms. The van der Waals surface area contributed by atoms with Gasteiger partial charge in [0.15, 0.2) is 11.5 Å². The highest BCUT2D eigenvalue weighted by Gasteiger charge is 2.40. The molecule has 0 fully saturated rings. The minimum absolute atomic E-state index is 0.0614. The molecule has 10 nitrogen and oxygen atoms in total. The van der Waals surface area contributed by atoms with Crippen molar-refractivity contribution in [3.05, 3.63) is 32.9 Å². The first-order valence-electron chi connectivity index (χ1n) is 16.6. The summed E-state index contributed by atoms with van der Waals surface area (Å²) < 4.78 is 18.1. The number of methoxy groups -OCH3 is 1. The van der Waals surface area contributed by atoms with Crippen molar-refractivity contribution in [2.45, 2.75) is 116 Å². The smallest absolute Gasteiger partial charge is 0.247 e. The van der Waals surface area contributed by atoms with Crippen LogP contribution in [0.1, 0.15) is 96.5 Å². The van der Waals surface area contributed by atoms with Gasteiger partial charge in [0, 0.05) is 44.7 Å². The summed E-state index contributed by atoms with van der Waals surface area (Å²) in [6, 6.07) is 2.72. The second-order valence-electron chi connectivity index (χ2n) is 11.5. The molecule has 45 heavy (non-hydrogen) atoms. The first kappa shape index (κ1) is 39.2. The van der Waals surface area contributed by atoms with Crippen molar-refractivity contribution >= 4 is 34.4 Å². The van der Waals surface area contributed by atoms with E-state index < -0.39 is 18.2 Å². The fourth-order valence-electron chi connectivity index (χ4n) is 5.58. The number of amides is 2. The van der Waals surface area contributed by atoms with E-state index in [4.69, 9.17) is 14.2 Å². The lowest BCUT2D eigenvalue weighted by molar-refractivity contribution is -0.139. The van der Waals surface area contributed by atoms with E-state index in [1.165, 1.54) is 45.6 Å². The van der Waals surface area contributed by atoms with Crippen molar-refractivity contribution in [1.82, 2.24) is 10.2 Å². The van der Waals surface area contributed by atoms with Crippen LogP contribution in [0.15, 0.2) is 23.8 Å². The van der Waals surface area contributed by atoms with Gasteiger partial charge in [-0.2, -0.15) is 0 Å². The molecule has 0 aromatic heterocycles. The van der Waals surface area contributed by atoms with Crippen molar-refractivity contribution in [2.24, 2.45) is 0 Å². The molecular weight excluding hydrogens is 691 g/mol. The first-order chi connectivity index (χ1) is 21.8. The predicted molar refractivity (Wildman–Crippen MR) is 183 cm³/mol. The summed E-state index contributed by atoms with van der Waals surface area (Å²) in [5, 5.41) is 33.3. The average molecular weight is 747 g/mol. The van der Waals surface area contributed by atoms with E-state index in [-0.39, 0.29) is 38.0 Å². The molecule has 0 aliphatic heterocycles. The molecule has 0 bridgehead atoms. The number of aliphatic hydroxyl groups excluding tert-OH is 3. The summed E-state index contributed by atoms with van der Waals surface area (Å²) in [5.74, 6) is 0.312. The van der Waals surface area contributed by atoms with Crippen LogP contribution >= 0.6 is 22.6 Å². The Balaban J connectivity index is 2.27. The number of aliphatic hydroxyl groups is 3. The Bertz CT molecular complexity index is 1050. The predicted octanol–water partition coefficient (Wildman–Crippen LogP) is 4.88. The standard InChI is InChI=1S/C34H55IN2O8/c1-4-6-7-8-9-10-11-12-13-15-31(40)37(17-14-19-44-5-2)28-22-26(34(42)36-16-18-38)23-29(32(28)41)45-33-27(35)20-25(24-39)21-30(33)43-3/h20-21,23,28-29,32,38-39,41H,4-19,22,24H2,1-3H3,(H,36,42)/t28-,29+,32+/m1/s1. The van der Waals surface area contributed by atoms with E-state index in [2.05, 4.69) is 34.8 Å². The van der Waals surface area contributed by atoms with E-state index in [1.54, 1.807) is 23.1 Å². The molecule has 2 rings (SSSR count). The second-order valence-corrected chi connectivity index (χ2v) is 12.7. The molecule has 0 unspecified atom stereocenters. The lowest BCUT2D eigenvalue weighted by Crippen LogP contribution is -2.55. The minimum Gasteiger partial charge on any atom is -0.493 e. The molecule has 0 saturated carbocycles. The zero-order valence-corrected chi connectivity index (χ0v) is 29.6. The Labute approximate surface area is 283 Å². The summed E-state index contributed by atoms with van der Waals surface area (Å²) in [5.41, 5.74) is 1.02. The number of nitrogens with one attached hydrogen (secondary N) is 1. The van der Waals surface area contributed by atoms with Gasteiger partial charge in [-0.3, -0.25) is 9.59 Å². The van der Waals surface area contributed by atoms with E-state index >= 15 is 0 Å². The van der Waals surface area contributed by atoms with Crippen LogP contribution in [0.25, 0.3) is 0 Å². The number of ether oxygens (including phenoxy) is 3. The van der Waals surface area contributed by atoms with Gasteiger partial charge in [0.2, 0.25) is 11.8 Å². The summed E-state index contributed by atoms with van der Waals surface area (Å²) in [7, 11) is 1.49. The number of halogens is 1. The van der Waals surface area contributed by atoms with Crippen molar-refractivity contribution < 1.29 is 39.1 Å². The number of nitrogens with zero attached hydrogens (tertiary/aromatic N) is 1. The highest BCUT2D eigenvalue weighted by atomic mass is 127. The zero-order chi connectivity index (χ0) is 33.0. The molecule has 0 radical (unpaired) electrons. The molecule has 11 heteroatoms. The topological polar surface area (TPSA) is 138 Å². The van der Waals surface area contributed by atoms with Gasteiger partial charge in [-0.05, 0) is 66.1 Å². The van der Waals surface area contributed by atoms with Crippen molar-refractivity contribution in [1.29, 1.82) is 0 Å². The Kier molecular flexibility index (Phi) is 19.7. The van der Waals surface area contributed by atoms with Crippen LogP contribution in [0.3, 0.4) is 0 Å². The maximum Gasteiger partial charge on any atom is 0.247 e. The molecule has 1 aromatic rings. The Hall–Kier alpha value is -1.93. The lowest BCUT2D eigenvalue weighted by Gasteiger charge is -2.41. The molecule has 0 saturated heterocycles. The number of rotatable bonds is 23. The van der Waals surface area contributed by atoms with Gasteiger partial charge < -0.3 is 39.7 Å².